The summed E-state index contributed by atoms with van der Waals surface area (Å²) in [4.78, 5) is 0. The number of halogens is 2. The molecule has 33 heavy (non-hydrogen) atoms. The van der Waals surface area contributed by atoms with Crippen molar-refractivity contribution >= 4 is 15.9 Å². The Balaban J connectivity index is 1.31. The first-order valence-electron chi connectivity index (χ1n) is 12.3. The number of hydrogen-bond acceptors (Lipinski definition) is 3. The molecule has 3 nitrogen and oxygen atoms in total. The van der Waals surface area contributed by atoms with Gasteiger partial charge in [-0.15, -0.1) is 0 Å². The second-order valence-electron chi connectivity index (χ2n) is 11.5. The van der Waals surface area contributed by atoms with Crippen LogP contribution in [-0.2, 0) is 13.2 Å². The van der Waals surface area contributed by atoms with Crippen molar-refractivity contribution in [2.24, 2.45) is 16.7 Å². The molecule has 6 rings (SSSR count). The lowest BCUT2D eigenvalue weighted by atomic mass is 9.43. The molecule has 4 fully saturated rings. The van der Waals surface area contributed by atoms with Crippen LogP contribution in [-0.4, -0.2) is 12.1 Å². The Morgan fingerprint density at radius 1 is 0.970 bits per heavy atom. The van der Waals surface area contributed by atoms with Crippen LogP contribution in [0.25, 0.3) is 0 Å². The van der Waals surface area contributed by atoms with Gasteiger partial charge in [-0.25, -0.2) is 4.39 Å². The largest absolute Gasteiger partial charge is 0.490 e. The van der Waals surface area contributed by atoms with Crippen molar-refractivity contribution in [2.45, 2.75) is 78.0 Å². The number of benzene rings is 2. The fraction of sp³-hybridized carbons (Fsp3) is 0.571. The standard InChI is InChI=1S/C28H35BrFNO2/c1-4-32-24-9-21(23(29)10-25(24)33-15-19-5-7-22(30)8-6-19)14-31-28-13-20-11-26(2,17-28)16-27(3,12-20)18-28/h5-10,20,31H,4,11-18H2,1-3H3. The first-order valence-corrected chi connectivity index (χ1v) is 13.1. The van der Waals surface area contributed by atoms with E-state index in [0.29, 0.717) is 29.8 Å². The van der Waals surface area contributed by atoms with Gasteiger partial charge in [-0.05, 0) is 97.6 Å². The Bertz CT molecular complexity index is 1010. The number of ether oxygens (including phenoxy) is 2. The van der Waals surface area contributed by atoms with Gasteiger partial charge in [-0.3, -0.25) is 0 Å². The molecule has 178 valence electrons. The third-order valence-corrected chi connectivity index (χ3v) is 8.74. The van der Waals surface area contributed by atoms with E-state index in [1.54, 1.807) is 12.1 Å². The minimum atomic E-state index is -0.240. The van der Waals surface area contributed by atoms with Crippen molar-refractivity contribution in [1.29, 1.82) is 0 Å². The minimum Gasteiger partial charge on any atom is -0.490 e. The highest BCUT2D eigenvalue weighted by Gasteiger charge is 2.59. The van der Waals surface area contributed by atoms with Gasteiger partial charge in [0.2, 0.25) is 0 Å². The van der Waals surface area contributed by atoms with Crippen LogP contribution in [0.4, 0.5) is 4.39 Å². The molecule has 4 aliphatic rings. The first-order chi connectivity index (χ1) is 15.7. The van der Waals surface area contributed by atoms with Gasteiger partial charge in [0.25, 0.3) is 0 Å². The van der Waals surface area contributed by atoms with Gasteiger partial charge >= 0.3 is 0 Å². The van der Waals surface area contributed by atoms with Crippen LogP contribution in [0, 0.1) is 22.6 Å². The highest BCUT2D eigenvalue weighted by atomic mass is 79.9. The van der Waals surface area contributed by atoms with Crippen molar-refractivity contribution in [1.82, 2.24) is 5.32 Å². The Hall–Kier alpha value is -1.59. The third-order valence-electron chi connectivity index (χ3n) is 8.00. The zero-order valence-electron chi connectivity index (χ0n) is 20.0. The maximum atomic E-state index is 13.2. The topological polar surface area (TPSA) is 30.5 Å². The van der Waals surface area contributed by atoms with E-state index in [1.165, 1.54) is 56.2 Å². The quantitative estimate of drug-likeness (QED) is 0.397. The lowest BCUT2D eigenvalue weighted by Crippen LogP contribution is -2.63. The van der Waals surface area contributed by atoms with Crippen LogP contribution in [0.3, 0.4) is 0 Å². The zero-order chi connectivity index (χ0) is 23.3. The zero-order valence-corrected chi connectivity index (χ0v) is 21.6. The molecule has 4 aliphatic carbocycles. The van der Waals surface area contributed by atoms with Crippen molar-refractivity contribution < 1.29 is 13.9 Å². The molecule has 0 aliphatic heterocycles. The molecule has 4 bridgehead atoms. The van der Waals surface area contributed by atoms with E-state index in [9.17, 15) is 4.39 Å². The molecule has 2 aromatic rings. The number of rotatable bonds is 8. The van der Waals surface area contributed by atoms with Crippen LogP contribution < -0.4 is 14.8 Å². The molecule has 0 heterocycles. The molecule has 0 spiro atoms. The van der Waals surface area contributed by atoms with Crippen LogP contribution in [0.15, 0.2) is 40.9 Å². The van der Waals surface area contributed by atoms with E-state index in [4.69, 9.17) is 9.47 Å². The van der Waals surface area contributed by atoms with E-state index in [2.05, 4.69) is 41.2 Å². The highest BCUT2D eigenvalue weighted by Crippen LogP contribution is 2.66. The monoisotopic (exact) mass is 515 g/mol. The Morgan fingerprint density at radius 3 is 2.27 bits per heavy atom. The Morgan fingerprint density at radius 2 is 1.64 bits per heavy atom. The van der Waals surface area contributed by atoms with E-state index in [-0.39, 0.29) is 11.4 Å². The normalized spacial score (nSPS) is 32.2. The number of nitrogens with one attached hydrogen (secondary N) is 1. The van der Waals surface area contributed by atoms with Gasteiger partial charge in [0.1, 0.15) is 12.4 Å². The maximum Gasteiger partial charge on any atom is 0.162 e. The first kappa shape index (κ1) is 23.2. The molecule has 1 N–H and O–H groups in total. The smallest absolute Gasteiger partial charge is 0.162 e. The highest BCUT2D eigenvalue weighted by molar-refractivity contribution is 9.10. The summed E-state index contributed by atoms with van der Waals surface area (Å²) in [6.07, 6.45) is 8.10. The van der Waals surface area contributed by atoms with Crippen molar-refractivity contribution in [3.05, 3.63) is 57.8 Å². The fourth-order valence-corrected chi connectivity index (χ4v) is 8.23. The summed E-state index contributed by atoms with van der Waals surface area (Å²) in [6.45, 7) is 8.78. The summed E-state index contributed by atoms with van der Waals surface area (Å²) in [5.74, 6) is 2.08. The van der Waals surface area contributed by atoms with Gasteiger partial charge in [0.05, 0.1) is 6.61 Å². The summed E-state index contributed by atoms with van der Waals surface area (Å²) < 4.78 is 26.2. The predicted molar refractivity (Wildman–Crippen MR) is 133 cm³/mol. The molecule has 0 aromatic heterocycles. The molecule has 2 aromatic carbocycles. The van der Waals surface area contributed by atoms with Crippen LogP contribution >= 0.6 is 15.9 Å². The molecule has 0 radical (unpaired) electrons. The van der Waals surface area contributed by atoms with Gasteiger partial charge in [0.15, 0.2) is 11.5 Å². The maximum absolute atomic E-state index is 13.2. The second-order valence-corrected chi connectivity index (χ2v) is 12.4. The fourth-order valence-electron chi connectivity index (χ4n) is 7.76. The van der Waals surface area contributed by atoms with Crippen LogP contribution in [0.5, 0.6) is 11.5 Å². The molecule has 2 unspecified atom stereocenters. The molecule has 5 heteroatoms. The van der Waals surface area contributed by atoms with E-state index in [1.807, 2.05) is 13.0 Å². The summed E-state index contributed by atoms with van der Waals surface area (Å²) in [7, 11) is 0. The van der Waals surface area contributed by atoms with Crippen molar-refractivity contribution in [3.8, 4) is 11.5 Å². The summed E-state index contributed by atoms with van der Waals surface area (Å²) in [5, 5.41) is 4.02. The molecule has 4 saturated carbocycles. The Labute approximate surface area is 205 Å². The third kappa shape index (κ3) is 4.81. The molecule has 2 atom stereocenters. The number of hydrogen-bond donors (Lipinski definition) is 1. The second kappa shape index (κ2) is 8.57. The summed E-state index contributed by atoms with van der Waals surface area (Å²) >= 11 is 3.78. The molecular formula is C28H35BrFNO2. The minimum absolute atomic E-state index is 0.240. The van der Waals surface area contributed by atoms with Crippen LogP contribution in [0.1, 0.15) is 70.4 Å². The predicted octanol–water partition coefficient (Wildman–Crippen LogP) is 7.40. The molecule has 0 saturated heterocycles. The van der Waals surface area contributed by atoms with Gasteiger partial charge in [-0.2, -0.15) is 0 Å². The lowest BCUT2D eigenvalue weighted by molar-refractivity contribution is -0.118. The molecule has 0 amide bonds. The lowest BCUT2D eigenvalue weighted by Gasteiger charge is -2.65. The van der Waals surface area contributed by atoms with Crippen LogP contribution in [0.2, 0.25) is 0 Å². The SMILES string of the molecule is CCOc1cc(CNC23CC4CC(C)(CC(C)(C4)C2)C3)c(Br)cc1OCc1ccc(F)cc1. The van der Waals surface area contributed by atoms with E-state index < -0.39 is 0 Å². The summed E-state index contributed by atoms with van der Waals surface area (Å²) in [6, 6.07) is 10.5. The van der Waals surface area contributed by atoms with Crippen molar-refractivity contribution in [2.75, 3.05) is 6.61 Å². The van der Waals surface area contributed by atoms with Gasteiger partial charge < -0.3 is 14.8 Å². The van der Waals surface area contributed by atoms with E-state index >= 15 is 0 Å². The van der Waals surface area contributed by atoms with Crippen molar-refractivity contribution in [3.63, 3.8) is 0 Å². The average molecular weight is 516 g/mol. The Kier molecular flexibility index (Phi) is 6.01. The van der Waals surface area contributed by atoms with E-state index in [0.717, 1.165) is 28.2 Å². The van der Waals surface area contributed by atoms with Gasteiger partial charge in [0, 0.05) is 16.6 Å². The average Bonchev–Trinajstić information content (AvgIpc) is 2.71. The molecular weight excluding hydrogens is 481 g/mol. The summed E-state index contributed by atoms with van der Waals surface area (Å²) in [5.41, 5.74) is 3.36. The van der Waals surface area contributed by atoms with Gasteiger partial charge in [-0.1, -0.05) is 41.9 Å².